The molecule has 112 valence electrons. The number of aryl methyl sites for hydroxylation is 1. The first kappa shape index (κ1) is 14.9. The van der Waals surface area contributed by atoms with Crippen LogP contribution in [-0.4, -0.2) is 31.8 Å². The zero-order valence-electron chi connectivity index (χ0n) is 12.4. The summed E-state index contributed by atoms with van der Waals surface area (Å²) in [6.45, 7) is 3.69. The van der Waals surface area contributed by atoms with E-state index in [1.54, 1.807) is 46.3 Å². The zero-order valence-corrected chi connectivity index (χ0v) is 12.4. The maximum atomic E-state index is 11.8. The quantitative estimate of drug-likeness (QED) is 0.789. The SMILES string of the molecule is CCOC(=O)c1nc(-c2ccc(OC)cc2OC)oc1C. The molecule has 21 heavy (non-hydrogen) atoms. The third-order valence-electron chi connectivity index (χ3n) is 2.90. The van der Waals surface area contributed by atoms with E-state index in [0.29, 0.717) is 28.7 Å². The molecular weight excluding hydrogens is 274 g/mol. The average Bonchev–Trinajstić information content (AvgIpc) is 2.88. The Hall–Kier alpha value is -2.50. The Balaban J connectivity index is 2.43. The summed E-state index contributed by atoms with van der Waals surface area (Å²) in [4.78, 5) is 16.0. The van der Waals surface area contributed by atoms with Crippen molar-refractivity contribution in [1.82, 2.24) is 4.98 Å². The number of nitrogens with zero attached hydrogens (tertiary/aromatic N) is 1. The standard InChI is InChI=1S/C15H17NO5/c1-5-20-15(17)13-9(2)21-14(16-13)11-7-6-10(18-3)8-12(11)19-4/h6-8H,5H2,1-4H3. The average molecular weight is 291 g/mol. The van der Waals surface area contributed by atoms with Crippen LogP contribution in [0.25, 0.3) is 11.5 Å². The molecule has 0 spiro atoms. The van der Waals surface area contributed by atoms with Gasteiger partial charge in [0.1, 0.15) is 17.3 Å². The number of aromatic nitrogens is 1. The van der Waals surface area contributed by atoms with E-state index in [1.165, 1.54) is 0 Å². The van der Waals surface area contributed by atoms with E-state index in [1.807, 2.05) is 0 Å². The molecule has 1 aromatic carbocycles. The van der Waals surface area contributed by atoms with Crippen molar-refractivity contribution in [3.05, 3.63) is 29.7 Å². The van der Waals surface area contributed by atoms with Crippen molar-refractivity contribution < 1.29 is 23.4 Å². The fourth-order valence-corrected chi connectivity index (χ4v) is 1.88. The molecule has 0 unspecified atom stereocenters. The van der Waals surface area contributed by atoms with Crippen LogP contribution in [0.4, 0.5) is 0 Å². The molecule has 0 saturated heterocycles. The van der Waals surface area contributed by atoms with Crippen molar-refractivity contribution in [2.45, 2.75) is 13.8 Å². The minimum absolute atomic E-state index is 0.171. The summed E-state index contributed by atoms with van der Waals surface area (Å²) in [5.74, 6) is 1.41. The van der Waals surface area contributed by atoms with Gasteiger partial charge < -0.3 is 18.6 Å². The molecule has 2 aromatic rings. The maximum Gasteiger partial charge on any atom is 0.360 e. The lowest BCUT2D eigenvalue weighted by Gasteiger charge is -2.07. The van der Waals surface area contributed by atoms with Gasteiger partial charge in [-0.3, -0.25) is 0 Å². The van der Waals surface area contributed by atoms with Gasteiger partial charge in [-0.1, -0.05) is 0 Å². The molecule has 2 rings (SSSR count). The minimum Gasteiger partial charge on any atom is -0.497 e. The first-order valence-corrected chi connectivity index (χ1v) is 6.47. The summed E-state index contributed by atoms with van der Waals surface area (Å²) in [5.41, 5.74) is 0.807. The molecular formula is C15H17NO5. The Labute approximate surface area is 122 Å². The lowest BCUT2D eigenvalue weighted by Crippen LogP contribution is -2.06. The molecule has 0 atom stereocenters. The normalized spacial score (nSPS) is 10.3. The molecule has 0 aliphatic heterocycles. The molecule has 0 amide bonds. The predicted octanol–water partition coefficient (Wildman–Crippen LogP) is 2.84. The Morgan fingerprint density at radius 2 is 2.05 bits per heavy atom. The van der Waals surface area contributed by atoms with Gasteiger partial charge in [0.15, 0.2) is 5.69 Å². The zero-order chi connectivity index (χ0) is 15.4. The van der Waals surface area contributed by atoms with Crippen LogP contribution >= 0.6 is 0 Å². The number of esters is 1. The van der Waals surface area contributed by atoms with E-state index >= 15 is 0 Å². The van der Waals surface area contributed by atoms with Gasteiger partial charge in [0.25, 0.3) is 0 Å². The number of benzene rings is 1. The number of ether oxygens (including phenoxy) is 3. The summed E-state index contributed by atoms with van der Waals surface area (Å²) in [6.07, 6.45) is 0. The first-order valence-electron chi connectivity index (χ1n) is 6.47. The van der Waals surface area contributed by atoms with Gasteiger partial charge in [0.05, 0.1) is 26.4 Å². The summed E-state index contributed by atoms with van der Waals surface area (Å²) in [5, 5.41) is 0. The van der Waals surface area contributed by atoms with Crippen LogP contribution in [0.15, 0.2) is 22.6 Å². The largest absolute Gasteiger partial charge is 0.497 e. The molecule has 6 nitrogen and oxygen atoms in total. The van der Waals surface area contributed by atoms with Gasteiger partial charge in [0.2, 0.25) is 5.89 Å². The fraction of sp³-hybridized carbons (Fsp3) is 0.333. The lowest BCUT2D eigenvalue weighted by atomic mass is 10.2. The van der Waals surface area contributed by atoms with Gasteiger partial charge >= 0.3 is 5.97 Å². The molecule has 0 fully saturated rings. The predicted molar refractivity (Wildman–Crippen MR) is 75.7 cm³/mol. The van der Waals surface area contributed by atoms with Gasteiger partial charge in [-0.2, -0.15) is 0 Å². The van der Waals surface area contributed by atoms with Crippen molar-refractivity contribution in [2.24, 2.45) is 0 Å². The Morgan fingerprint density at radius 1 is 1.29 bits per heavy atom. The lowest BCUT2D eigenvalue weighted by molar-refractivity contribution is 0.0518. The number of oxazole rings is 1. The van der Waals surface area contributed by atoms with E-state index in [-0.39, 0.29) is 12.3 Å². The van der Waals surface area contributed by atoms with E-state index in [0.717, 1.165) is 0 Å². The Morgan fingerprint density at radius 3 is 2.67 bits per heavy atom. The highest BCUT2D eigenvalue weighted by Crippen LogP contribution is 2.33. The van der Waals surface area contributed by atoms with Crippen molar-refractivity contribution in [3.63, 3.8) is 0 Å². The van der Waals surface area contributed by atoms with Crippen LogP contribution in [0, 0.1) is 6.92 Å². The van der Waals surface area contributed by atoms with Crippen molar-refractivity contribution in [3.8, 4) is 23.0 Å². The monoisotopic (exact) mass is 291 g/mol. The first-order chi connectivity index (χ1) is 10.1. The third kappa shape index (κ3) is 2.99. The van der Waals surface area contributed by atoms with Gasteiger partial charge in [-0.25, -0.2) is 9.78 Å². The highest BCUT2D eigenvalue weighted by molar-refractivity contribution is 5.89. The number of methoxy groups -OCH3 is 2. The van der Waals surface area contributed by atoms with Crippen molar-refractivity contribution in [1.29, 1.82) is 0 Å². The molecule has 0 saturated carbocycles. The fourth-order valence-electron chi connectivity index (χ4n) is 1.88. The number of carbonyl (C=O) groups excluding carboxylic acids is 1. The summed E-state index contributed by atoms with van der Waals surface area (Å²) >= 11 is 0. The number of rotatable bonds is 5. The molecule has 0 radical (unpaired) electrons. The molecule has 6 heteroatoms. The van der Waals surface area contributed by atoms with E-state index in [4.69, 9.17) is 18.6 Å². The summed E-state index contributed by atoms with van der Waals surface area (Å²) in [6, 6.07) is 5.25. The van der Waals surface area contributed by atoms with Crippen molar-refractivity contribution >= 4 is 5.97 Å². The maximum absolute atomic E-state index is 11.8. The van der Waals surface area contributed by atoms with Crippen molar-refractivity contribution in [2.75, 3.05) is 20.8 Å². The smallest absolute Gasteiger partial charge is 0.360 e. The Kier molecular flexibility index (Phi) is 4.47. The second-order valence-electron chi connectivity index (χ2n) is 4.21. The van der Waals surface area contributed by atoms with Crippen LogP contribution in [0.5, 0.6) is 11.5 Å². The van der Waals surface area contributed by atoms with Gasteiger partial charge in [0, 0.05) is 6.07 Å². The van der Waals surface area contributed by atoms with E-state index in [9.17, 15) is 4.79 Å². The van der Waals surface area contributed by atoms with Crippen LogP contribution in [0.1, 0.15) is 23.2 Å². The second-order valence-corrected chi connectivity index (χ2v) is 4.21. The van der Waals surface area contributed by atoms with Crippen LogP contribution in [0.3, 0.4) is 0 Å². The van der Waals surface area contributed by atoms with E-state index < -0.39 is 5.97 Å². The Bertz CT molecular complexity index is 648. The molecule has 0 aliphatic rings. The third-order valence-corrected chi connectivity index (χ3v) is 2.90. The van der Waals surface area contributed by atoms with Crippen LogP contribution in [-0.2, 0) is 4.74 Å². The highest BCUT2D eigenvalue weighted by Gasteiger charge is 2.21. The second kappa shape index (κ2) is 6.30. The molecule has 0 aliphatic carbocycles. The number of hydrogen-bond donors (Lipinski definition) is 0. The molecule has 0 N–H and O–H groups in total. The minimum atomic E-state index is -0.502. The molecule has 1 heterocycles. The van der Waals surface area contributed by atoms with Gasteiger partial charge in [-0.15, -0.1) is 0 Å². The van der Waals surface area contributed by atoms with E-state index in [2.05, 4.69) is 4.98 Å². The van der Waals surface area contributed by atoms with Crippen LogP contribution < -0.4 is 9.47 Å². The summed E-state index contributed by atoms with van der Waals surface area (Å²) in [7, 11) is 3.11. The van der Waals surface area contributed by atoms with Crippen LogP contribution in [0.2, 0.25) is 0 Å². The number of hydrogen-bond acceptors (Lipinski definition) is 6. The molecule has 0 bridgehead atoms. The topological polar surface area (TPSA) is 70.8 Å². The number of carbonyl (C=O) groups is 1. The summed E-state index contributed by atoms with van der Waals surface area (Å²) < 4.78 is 20.9. The highest BCUT2D eigenvalue weighted by atomic mass is 16.5. The van der Waals surface area contributed by atoms with Gasteiger partial charge in [-0.05, 0) is 26.0 Å². The molecule has 1 aromatic heterocycles.